The molecule has 1 saturated heterocycles. The first-order valence-electron chi connectivity index (χ1n) is 8.50. The molecule has 3 amide bonds. The lowest BCUT2D eigenvalue weighted by Gasteiger charge is -2.31. The van der Waals surface area contributed by atoms with Crippen LogP contribution in [0.25, 0.3) is 0 Å². The average molecular weight is 399 g/mol. The van der Waals surface area contributed by atoms with Gasteiger partial charge in [0.1, 0.15) is 17.3 Å². The summed E-state index contributed by atoms with van der Waals surface area (Å²) >= 11 is 0. The molecule has 2 N–H and O–H groups in total. The number of nitrogens with zero attached hydrogens (tertiary/aromatic N) is 1. The number of carbonyl (C=O) groups is 2. The predicted molar refractivity (Wildman–Crippen MR) is 101 cm³/mol. The van der Waals surface area contributed by atoms with E-state index in [1.165, 1.54) is 21.3 Å². The van der Waals surface area contributed by atoms with Crippen molar-refractivity contribution < 1.29 is 27.5 Å². The van der Waals surface area contributed by atoms with Crippen LogP contribution in [0.2, 0.25) is 0 Å². The number of methoxy groups -OCH3 is 2. The summed E-state index contributed by atoms with van der Waals surface area (Å²) < 4.78 is 34.9. The Balaban J connectivity index is 1.96. The Morgan fingerprint density at radius 1 is 1.19 bits per heavy atom. The summed E-state index contributed by atoms with van der Waals surface area (Å²) in [4.78, 5) is 25.4. The average Bonchev–Trinajstić information content (AvgIpc) is 2.67. The minimum atomic E-state index is -3.53. The van der Waals surface area contributed by atoms with Gasteiger partial charge in [-0.2, -0.15) is 0 Å². The molecule has 0 spiro atoms. The van der Waals surface area contributed by atoms with Gasteiger partial charge in [0.15, 0.2) is 9.84 Å². The van der Waals surface area contributed by atoms with Gasteiger partial charge in [0.25, 0.3) is 0 Å². The van der Waals surface area contributed by atoms with Crippen molar-refractivity contribution in [1.29, 1.82) is 0 Å². The largest absolute Gasteiger partial charge is 0.497 e. The van der Waals surface area contributed by atoms with Crippen LogP contribution in [0.3, 0.4) is 0 Å². The van der Waals surface area contributed by atoms with Crippen molar-refractivity contribution >= 4 is 27.5 Å². The molecule has 10 heteroatoms. The lowest BCUT2D eigenvalue weighted by Crippen LogP contribution is -2.45. The van der Waals surface area contributed by atoms with Crippen molar-refractivity contribution in [2.75, 3.05) is 45.4 Å². The molecule has 1 aromatic rings. The number of carbonyl (C=O) groups excluding carboxylic acids is 2. The molecular weight excluding hydrogens is 374 g/mol. The van der Waals surface area contributed by atoms with Gasteiger partial charge in [0.2, 0.25) is 5.91 Å². The number of sulfone groups is 1. The standard InChI is InChI=1S/C17H25N3O6S/c1-18-16(21)11-27(23,24)13-6-8-20(9-7-13)17(22)19-14-5-4-12(25-2)10-15(14)26-3/h4-5,10,13H,6-9,11H2,1-3H3,(H,18,21)(H,19,22). The molecule has 1 aliphatic rings. The van der Waals surface area contributed by atoms with Crippen molar-refractivity contribution in [3.63, 3.8) is 0 Å². The highest BCUT2D eigenvalue weighted by Crippen LogP contribution is 2.29. The zero-order valence-corrected chi connectivity index (χ0v) is 16.5. The fourth-order valence-corrected chi connectivity index (χ4v) is 4.56. The van der Waals surface area contributed by atoms with E-state index < -0.39 is 26.7 Å². The van der Waals surface area contributed by atoms with Crippen LogP contribution in [0, 0.1) is 0 Å². The SMILES string of the molecule is CNC(=O)CS(=O)(=O)C1CCN(C(=O)Nc2ccc(OC)cc2OC)CC1. The Morgan fingerprint density at radius 3 is 2.41 bits per heavy atom. The van der Waals surface area contributed by atoms with Gasteiger partial charge in [-0.15, -0.1) is 0 Å². The number of hydrogen-bond acceptors (Lipinski definition) is 6. The number of hydrogen-bond donors (Lipinski definition) is 2. The highest BCUT2D eigenvalue weighted by molar-refractivity contribution is 7.92. The highest BCUT2D eigenvalue weighted by Gasteiger charge is 2.33. The van der Waals surface area contributed by atoms with Crippen LogP contribution >= 0.6 is 0 Å². The fourth-order valence-electron chi connectivity index (χ4n) is 2.89. The molecule has 1 aromatic carbocycles. The van der Waals surface area contributed by atoms with Crippen molar-refractivity contribution in [2.24, 2.45) is 0 Å². The summed E-state index contributed by atoms with van der Waals surface area (Å²) in [6.45, 7) is 0.587. The highest BCUT2D eigenvalue weighted by atomic mass is 32.2. The maximum Gasteiger partial charge on any atom is 0.321 e. The quantitative estimate of drug-likeness (QED) is 0.733. The molecule has 0 radical (unpaired) electrons. The van der Waals surface area contributed by atoms with E-state index in [1.807, 2.05) is 0 Å². The molecule has 150 valence electrons. The molecule has 0 saturated carbocycles. The summed E-state index contributed by atoms with van der Waals surface area (Å²) in [6, 6.07) is 4.71. The molecule has 2 rings (SSSR count). The van der Waals surface area contributed by atoms with Crippen LogP contribution in [-0.4, -0.2) is 70.6 Å². The molecule has 1 aliphatic heterocycles. The summed E-state index contributed by atoms with van der Waals surface area (Å²) in [7, 11) is 0.906. The van der Waals surface area contributed by atoms with E-state index in [4.69, 9.17) is 9.47 Å². The number of benzene rings is 1. The third-order valence-corrected chi connectivity index (χ3v) is 6.65. The van der Waals surface area contributed by atoms with E-state index in [0.717, 1.165) is 0 Å². The summed E-state index contributed by atoms with van der Waals surface area (Å²) in [5, 5.41) is 4.47. The number of anilines is 1. The van der Waals surface area contributed by atoms with Crippen molar-refractivity contribution in [3.05, 3.63) is 18.2 Å². The van der Waals surface area contributed by atoms with Crippen LogP contribution in [-0.2, 0) is 14.6 Å². The predicted octanol–water partition coefficient (Wildman–Crippen LogP) is 0.861. The number of rotatable bonds is 6. The Hall–Kier alpha value is -2.49. The third-order valence-electron chi connectivity index (χ3n) is 4.50. The monoisotopic (exact) mass is 399 g/mol. The van der Waals surface area contributed by atoms with Crippen LogP contribution in [0.15, 0.2) is 18.2 Å². The third kappa shape index (κ3) is 5.25. The maximum atomic E-state index is 12.5. The molecule has 0 bridgehead atoms. The number of ether oxygens (including phenoxy) is 2. The number of nitrogens with one attached hydrogen (secondary N) is 2. The van der Waals surface area contributed by atoms with Crippen molar-refractivity contribution in [3.8, 4) is 11.5 Å². The molecule has 27 heavy (non-hydrogen) atoms. The molecule has 0 aliphatic carbocycles. The summed E-state index contributed by atoms with van der Waals surface area (Å²) in [6.07, 6.45) is 0.596. The number of likely N-dealkylation sites (tertiary alicyclic amines) is 1. The van der Waals surface area contributed by atoms with E-state index >= 15 is 0 Å². The van der Waals surface area contributed by atoms with Gasteiger partial charge in [-0.3, -0.25) is 4.79 Å². The topological polar surface area (TPSA) is 114 Å². The number of piperidine rings is 1. The van der Waals surface area contributed by atoms with E-state index in [9.17, 15) is 18.0 Å². The lowest BCUT2D eigenvalue weighted by molar-refractivity contribution is -0.118. The first kappa shape index (κ1) is 20.8. The van der Waals surface area contributed by atoms with Gasteiger partial charge >= 0.3 is 6.03 Å². The van der Waals surface area contributed by atoms with Gasteiger partial charge in [0.05, 0.1) is 25.2 Å². The van der Waals surface area contributed by atoms with Gasteiger partial charge in [-0.05, 0) is 25.0 Å². The molecule has 0 atom stereocenters. The Kier molecular flexibility index (Phi) is 6.89. The zero-order valence-electron chi connectivity index (χ0n) is 15.6. The van der Waals surface area contributed by atoms with Gasteiger partial charge in [-0.25, -0.2) is 13.2 Å². The van der Waals surface area contributed by atoms with Crippen molar-refractivity contribution in [2.45, 2.75) is 18.1 Å². The van der Waals surface area contributed by atoms with Crippen LogP contribution < -0.4 is 20.1 Å². The fraction of sp³-hybridized carbons (Fsp3) is 0.529. The van der Waals surface area contributed by atoms with E-state index in [2.05, 4.69) is 10.6 Å². The first-order valence-corrected chi connectivity index (χ1v) is 10.2. The Morgan fingerprint density at radius 2 is 1.85 bits per heavy atom. The first-order chi connectivity index (χ1) is 12.8. The van der Waals surface area contributed by atoms with E-state index in [0.29, 0.717) is 43.1 Å². The Labute approximate surface area is 158 Å². The molecule has 1 heterocycles. The maximum absolute atomic E-state index is 12.5. The number of urea groups is 1. The van der Waals surface area contributed by atoms with Crippen LogP contribution in [0.4, 0.5) is 10.5 Å². The number of amides is 3. The normalized spacial score (nSPS) is 15.1. The summed E-state index contributed by atoms with van der Waals surface area (Å²) in [5.74, 6) is 0.0168. The Bertz CT molecular complexity index is 788. The van der Waals surface area contributed by atoms with E-state index in [-0.39, 0.29) is 6.03 Å². The van der Waals surface area contributed by atoms with E-state index in [1.54, 1.807) is 23.1 Å². The smallest absolute Gasteiger partial charge is 0.321 e. The molecule has 0 unspecified atom stereocenters. The van der Waals surface area contributed by atoms with Crippen LogP contribution in [0.5, 0.6) is 11.5 Å². The molecular formula is C17H25N3O6S. The second-order valence-corrected chi connectivity index (χ2v) is 8.44. The van der Waals surface area contributed by atoms with Crippen LogP contribution in [0.1, 0.15) is 12.8 Å². The minimum absolute atomic E-state index is 0.294. The lowest BCUT2D eigenvalue weighted by atomic mass is 10.1. The summed E-state index contributed by atoms with van der Waals surface area (Å²) in [5.41, 5.74) is 0.498. The van der Waals surface area contributed by atoms with Crippen molar-refractivity contribution in [1.82, 2.24) is 10.2 Å². The van der Waals surface area contributed by atoms with Gasteiger partial charge < -0.3 is 25.0 Å². The molecule has 1 fully saturated rings. The minimum Gasteiger partial charge on any atom is -0.497 e. The second-order valence-electron chi connectivity index (χ2n) is 6.16. The van der Waals surface area contributed by atoms with Gasteiger partial charge in [0, 0.05) is 26.2 Å². The second kappa shape index (κ2) is 8.94. The molecule has 9 nitrogen and oxygen atoms in total. The molecule has 0 aromatic heterocycles. The zero-order chi connectivity index (χ0) is 20.0. The van der Waals surface area contributed by atoms with Gasteiger partial charge in [-0.1, -0.05) is 0 Å².